The lowest BCUT2D eigenvalue weighted by Crippen LogP contribution is -2.11. The molecule has 0 radical (unpaired) electrons. The highest BCUT2D eigenvalue weighted by atomic mass is 35.5. The van der Waals surface area contributed by atoms with Crippen LogP contribution in [0.2, 0.25) is 5.02 Å². The van der Waals surface area contributed by atoms with Gasteiger partial charge in [-0.25, -0.2) is 4.79 Å². The molecule has 0 saturated carbocycles. The Kier molecular flexibility index (Phi) is 2.70. The minimum atomic E-state index is -0.459. The normalized spacial score (nSPS) is 9.92. The van der Waals surface area contributed by atoms with Gasteiger partial charge in [-0.3, -0.25) is 4.68 Å². The molecule has 0 spiro atoms. The molecule has 1 rings (SSSR count). The molecule has 0 amide bonds. The van der Waals surface area contributed by atoms with Crippen LogP contribution in [0.15, 0.2) is 6.20 Å². The maximum absolute atomic E-state index is 11.1. The van der Waals surface area contributed by atoms with Crippen molar-refractivity contribution in [2.45, 2.75) is 13.5 Å². The van der Waals surface area contributed by atoms with Gasteiger partial charge in [0.05, 0.1) is 18.3 Å². The van der Waals surface area contributed by atoms with Crippen LogP contribution in [-0.2, 0) is 11.3 Å². The molecule has 0 unspecified atom stereocenters. The largest absolute Gasteiger partial charge is 0.464 e. The fraction of sp³-hybridized carbons (Fsp3) is 0.429. The summed E-state index contributed by atoms with van der Waals surface area (Å²) in [4.78, 5) is 11.1. The number of rotatable bonds is 2. The van der Waals surface area contributed by atoms with Crippen molar-refractivity contribution in [2.75, 3.05) is 7.11 Å². The first-order chi connectivity index (χ1) is 5.70. The molecule has 0 saturated heterocycles. The Balaban J connectivity index is 3.10. The van der Waals surface area contributed by atoms with E-state index in [0.29, 0.717) is 17.3 Å². The van der Waals surface area contributed by atoms with Crippen LogP contribution in [-0.4, -0.2) is 22.9 Å². The van der Waals surface area contributed by atoms with Crippen molar-refractivity contribution in [1.29, 1.82) is 0 Å². The molecule has 0 aromatic carbocycles. The number of carbonyl (C=O) groups is 1. The van der Waals surface area contributed by atoms with Crippen LogP contribution in [0.4, 0.5) is 0 Å². The zero-order chi connectivity index (χ0) is 9.14. The number of ether oxygens (including phenoxy) is 1. The lowest BCUT2D eigenvalue weighted by molar-refractivity contribution is 0.0587. The Hall–Kier alpha value is -1.03. The lowest BCUT2D eigenvalue weighted by Gasteiger charge is -2.01. The predicted molar refractivity (Wildman–Crippen MR) is 44.3 cm³/mol. The molecule has 0 atom stereocenters. The number of hydrogen-bond acceptors (Lipinski definition) is 3. The lowest BCUT2D eigenvalue weighted by atomic mass is 10.4. The number of esters is 1. The van der Waals surface area contributed by atoms with E-state index in [1.165, 1.54) is 18.0 Å². The molecule has 4 nitrogen and oxygen atoms in total. The van der Waals surface area contributed by atoms with E-state index in [4.69, 9.17) is 11.6 Å². The van der Waals surface area contributed by atoms with Gasteiger partial charge in [0.1, 0.15) is 0 Å². The van der Waals surface area contributed by atoms with Crippen LogP contribution in [0.25, 0.3) is 0 Å². The topological polar surface area (TPSA) is 44.1 Å². The summed E-state index contributed by atoms with van der Waals surface area (Å²) in [5.41, 5.74) is 0.307. The molecule has 1 aromatic rings. The Morgan fingerprint density at radius 2 is 2.50 bits per heavy atom. The van der Waals surface area contributed by atoms with Gasteiger partial charge in [-0.05, 0) is 6.92 Å². The quantitative estimate of drug-likeness (QED) is 0.658. The maximum atomic E-state index is 11.1. The van der Waals surface area contributed by atoms with Gasteiger partial charge in [0.25, 0.3) is 0 Å². The Labute approximate surface area is 75.1 Å². The smallest absolute Gasteiger partial charge is 0.357 e. The molecule has 0 fully saturated rings. The minimum Gasteiger partial charge on any atom is -0.464 e. The SMILES string of the molecule is CCn1ncc(Cl)c1C(=O)OC. The van der Waals surface area contributed by atoms with Crippen LogP contribution in [0, 0.1) is 0 Å². The zero-order valence-corrected chi connectivity index (χ0v) is 7.63. The van der Waals surface area contributed by atoms with Crippen molar-refractivity contribution in [3.05, 3.63) is 16.9 Å². The summed E-state index contributed by atoms with van der Waals surface area (Å²) in [5, 5.41) is 4.21. The third kappa shape index (κ3) is 1.43. The number of nitrogens with zero attached hydrogens (tertiary/aromatic N) is 2. The minimum absolute atomic E-state index is 0.307. The van der Waals surface area contributed by atoms with Crippen LogP contribution >= 0.6 is 11.6 Å². The molecule has 0 aliphatic heterocycles. The Morgan fingerprint density at radius 1 is 1.83 bits per heavy atom. The van der Waals surface area contributed by atoms with Crippen LogP contribution in [0.1, 0.15) is 17.4 Å². The number of halogens is 1. The van der Waals surface area contributed by atoms with E-state index < -0.39 is 5.97 Å². The van der Waals surface area contributed by atoms with Crippen LogP contribution in [0.3, 0.4) is 0 Å². The molecule has 12 heavy (non-hydrogen) atoms. The molecule has 0 bridgehead atoms. The van der Waals surface area contributed by atoms with Crippen molar-refractivity contribution in [2.24, 2.45) is 0 Å². The van der Waals surface area contributed by atoms with Crippen molar-refractivity contribution in [3.63, 3.8) is 0 Å². The van der Waals surface area contributed by atoms with Crippen LogP contribution in [0.5, 0.6) is 0 Å². The van der Waals surface area contributed by atoms with Gasteiger partial charge in [0.15, 0.2) is 5.69 Å². The van der Waals surface area contributed by atoms with Crippen LogP contribution < -0.4 is 0 Å². The molecule has 0 aliphatic carbocycles. The van der Waals surface area contributed by atoms with Gasteiger partial charge < -0.3 is 4.74 Å². The Morgan fingerprint density at radius 3 is 3.00 bits per heavy atom. The molecular weight excluding hydrogens is 180 g/mol. The summed E-state index contributed by atoms with van der Waals surface area (Å²) >= 11 is 5.71. The van der Waals surface area contributed by atoms with E-state index >= 15 is 0 Å². The average Bonchev–Trinajstić information content (AvgIpc) is 2.45. The molecule has 5 heteroatoms. The number of aromatic nitrogens is 2. The second-order valence-corrected chi connectivity index (χ2v) is 2.56. The number of hydrogen-bond donors (Lipinski definition) is 0. The van der Waals surface area contributed by atoms with E-state index in [1.54, 1.807) is 0 Å². The first-order valence-corrected chi connectivity index (χ1v) is 3.88. The van der Waals surface area contributed by atoms with E-state index in [0.717, 1.165) is 0 Å². The summed E-state index contributed by atoms with van der Waals surface area (Å²) in [6.07, 6.45) is 1.43. The summed E-state index contributed by atoms with van der Waals surface area (Å²) in [6, 6.07) is 0. The first-order valence-electron chi connectivity index (χ1n) is 3.50. The molecule has 0 aliphatic rings. The van der Waals surface area contributed by atoms with Gasteiger partial charge in [-0.1, -0.05) is 11.6 Å². The monoisotopic (exact) mass is 188 g/mol. The highest BCUT2D eigenvalue weighted by Gasteiger charge is 2.16. The van der Waals surface area contributed by atoms with E-state index in [2.05, 4.69) is 9.84 Å². The predicted octanol–water partition coefficient (Wildman–Crippen LogP) is 1.34. The third-order valence-corrected chi connectivity index (χ3v) is 1.75. The zero-order valence-electron chi connectivity index (χ0n) is 6.87. The van der Waals surface area contributed by atoms with Crippen molar-refractivity contribution < 1.29 is 9.53 Å². The number of aryl methyl sites for hydroxylation is 1. The summed E-state index contributed by atoms with van der Waals surface area (Å²) in [6.45, 7) is 2.47. The third-order valence-electron chi connectivity index (χ3n) is 1.47. The van der Waals surface area contributed by atoms with E-state index in [-0.39, 0.29) is 0 Å². The van der Waals surface area contributed by atoms with Gasteiger partial charge in [0.2, 0.25) is 0 Å². The second-order valence-electron chi connectivity index (χ2n) is 2.15. The van der Waals surface area contributed by atoms with Gasteiger partial charge in [-0.2, -0.15) is 5.10 Å². The van der Waals surface area contributed by atoms with Gasteiger partial charge in [-0.15, -0.1) is 0 Å². The average molecular weight is 189 g/mol. The van der Waals surface area contributed by atoms with Crippen molar-refractivity contribution >= 4 is 17.6 Å². The highest BCUT2D eigenvalue weighted by molar-refractivity contribution is 6.33. The standard InChI is InChI=1S/C7H9ClN2O2/c1-3-10-6(7(11)12-2)5(8)4-9-10/h4H,3H2,1-2H3. The summed E-state index contributed by atoms with van der Waals surface area (Å²) < 4.78 is 6.03. The highest BCUT2D eigenvalue weighted by Crippen LogP contribution is 2.15. The number of methoxy groups -OCH3 is 1. The maximum Gasteiger partial charge on any atom is 0.357 e. The molecule has 0 N–H and O–H groups in total. The number of carbonyl (C=O) groups excluding carboxylic acids is 1. The summed E-state index contributed by atoms with van der Waals surface area (Å²) in [5.74, 6) is -0.459. The summed E-state index contributed by atoms with van der Waals surface area (Å²) in [7, 11) is 1.31. The van der Waals surface area contributed by atoms with Crippen molar-refractivity contribution in [1.82, 2.24) is 9.78 Å². The van der Waals surface area contributed by atoms with Crippen molar-refractivity contribution in [3.8, 4) is 0 Å². The molecule has 1 heterocycles. The van der Waals surface area contributed by atoms with Gasteiger partial charge >= 0.3 is 5.97 Å². The second kappa shape index (κ2) is 3.58. The van der Waals surface area contributed by atoms with E-state index in [1.807, 2.05) is 6.92 Å². The van der Waals surface area contributed by atoms with E-state index in [9.17, 15) is 4.79 Å². The molecular formula is C7H9ClN2O2. The molecule has 66 valence electrons. The van der Waals surface area contributed by atoms with Gasteiger partial charge in [0, 0.05) is 6.54 Å². The Bertz CT molecular complexity index is 296. The molecule has 1 aromatic heterocycles. The first kappa shape index (κ1) is 9.06. The fourth-order valence-electron chi connectivity index (χ4n) is 0.902. The fourth-order valence-corrected chi connectivity index (χ4v) is 1.12.